The monoisotopic (exact) mass is 445 g/mol. The minimum absolute atomic E-state index is 0.593. The van der Waals surface area contributed by atoms with E-state index in [4.69, 9.17) is 4.74 Å². The molecule has 7 heteroatoms. The quantitative estimate of drug-likeness (QED) is 0.264. The molecule has 0 amide bonds. The highest BCUT2D eigenvalue weighted by Crippen LogP contribution is 2.19. The fourth-order valence-electron chi connectivity index (χ4n) is 3.23. The summed E-state index contributed by atoms with van der Waals surface area (Å²) < 4.78 is 7.70. The Balaban J connectivity index is 1.15. The molecule has 0 bridgehead atoms. The molecule has 0 spiro atoms. The van der Waals surface area contributed by atoms with Crippen LogP contribution in [0.2, 0.25) is 0 Å². The average Bonchev–Trinajstić information content (AvgIpc) is 3.31. The van der Waals surface area contributed by atoms with E-state index in [9.17, 15) is 0 Å². The third kappa shape index (κ3) is 6.18. The first-order chi connectivity index (χ1) is 15.8. The number of para-hydroxylation sites is 1. The molecule has 0 saturated carbocycles. The molecule has 0 saturated heterocycles. The molecule has 4 aromatic rings. The van der Waals surface area contributed by atoms with Gasteiger partial charge in [-0.15, -0.1) is 5.10 Å². The number of aryl methyl sites for hydroxylation is 1. The molecule has 4 rings (SSSR count). The number of tetrazole rings is 1. The Hall–Kier alpha value is -3.16. The van der Waals surface area contributed by atoms with Crippen molar-refractivity contribution < 1.29 is 4.74 Å². The molecule has 164 valence electrons. The molecule has 32 heavy (non-hydrogen) atoms. The third-order valence-electron chi connectivity index (χ3n) is 5.08. The Morgan fingerprint density at radius 1 is 0.938 bits per heavy atom. The topological polar surface area (TPSA) is 64.9 Å². The van der Waals surface area contributed by atoms with Crippen LogP contribution < -0.4 is 10.1 Å². The molecule has 0 radical (unpaired) electrons. The van der Waals surface area contributed by atoms with Gasteiger partial charge in [-0.2, -0.15) is 4.68 Å². The number of rotatable bonds is 11. The Morgan fingerprint density at radius 2 is 1.72 bits per heavy atom. The van der Waals surface area contributed by atoms with Crippen LogP contribution >= 0.6 is 11.8 Å². The van der Waals surface area contributed by atoms with Gasteiger partial charge in [0.2, 0.25) is 5.16 Å². The van der Waals surface area contributed by atoms with Crippen molar-refractivity contribution in [3.05, 3.63) is 95.6 Å². The maximum atomic E-state index is 5.92. The fraction of sp³-hybridized carbons (Fsp3) is 0.240. The van der Waals surface area contributed by atoms with Gasteiger partial charge in [0.25, 0.3) is 0 Å². The number of thioether (sulfide) groups is 1. The van der Waals surface area contributed by atoms with Crippen LogP contribution in [0, 0.1) is 6.92 Å². The van der Waals surface area contributed by atoms with Crippen LogP contribution in [0.4, 0.5) is 0 Å². The molecule has 0 aliphatic heterocycles. The van der Waals surface area contributed by atoms with Crippen molar-refractivity contribution in [1.82, 2.24) is 25.5 Å². The molecule has 3 aromatic carbocycles. The lowest BCUT2D eigenvalue weighted by molar-refractivity contribution is 0.305. The summed E-state index contributed by atoms with van der Waals surface area (Å²) in [6.45, 7) is 4.47. The van der Waals surface area contributed by atoms with Crippen LogP contribution in [-0.2, 0) is 13.2 Å². The second kappa shape index (κ2) is 11.5. The van der Waals surface area contributed by atoms with Crippen LogP contribution in [0.15, 0.2) is 84.0 Å². The first-order valence-corrected chi connectivity index (χ1v) is 11.7. The Kier molecular flexibility index (Phi) is 7.89. The van der Waals surface area contributed by atoms with Crippen LogP contribution in [0.3, 0.4) is 0 Å². The Morgan fingerprint density at radius 3 is 2.53 bits per heavy atom. The summed E-state index contributed by atoms with van der Waals surface area (Å²) in [6.07, 6.45) is 1.03. The predicted molar refractivity (Wildman–Crippen MR) is 128 cm³/mol. The molecule has 0 aliphatic rings. The molecule has 1 aromatic heterocycles. The molecule has 6 nitrogen and oxygen atoms in total. The van der Waals surface area contributed by atoms with Crippen LogP contribution in [-0.4, -0.2) is 32.5 Å². The minimum Gasteiger partial charge on any atom is -0.489 e. The highest BCUT2D eigenvalue weighted by Gasteiger charge is 2.08. The number of aromatic nitrogens is 4. The van der Waals surface area contributed by atoms with Crippen molar-refractivity contribution in [2.75, 3.05) is 12.3 Å². The summed E-state index contributed by atoms with van der Waals surface area (Å²) in [6, 6.07) is 26.6. The van der Waals surface area contributed by atoms with Crippen molar-refractivity contribution in [1.29, 1.82) is 0 Å². The van der Waals surface area contributed by atoms with E-state index in [1.807, 2.05) is 54.6 Å². The van der Waals surface area contributed by atoms with Crippen molar-refractivity contribution in [2.24, 2.45) is 0 Å². The van der Waals surface area contributed by atoms with E-state index >= 15 is 0 Å². The highest BCUT2D eigenvalue weighted by molar-refractivity contribution is 7.99. The van der Waals surface area contributed by atoms with Gasteiger partial charge in [-0.05, 0) is 71.3 Å². The molecule has 1 N–H and O–H groups in total. The summed E-state index contributed by atoms with van der Waals surface area (Å²) in [5, 5.41) is 16.4. The number of nitrogens with one attached hydrogen (secondary N) is 1. The Bertz CT molecular complexity index is 1100. The number of hydrogen-bond donors (Lipinski definition) is 1. The normalized spacial score (nSPS) is 10.9. The number of ether oxygens (including phenoxy) is 1. The second-order valence-corrected chi connectivity index (χ2v) is 8.51. The van der Waals surface area contributed by atoms with Gasteiger partial charge in [0.05, 0.1) is 5.69 Å². The van der Waals surface area contributed by atoms with Gasteiger partial charge in [-0.3, -0.25) is 0 Å². The molecular weight excluding hydrogens is 418 g/mol. The van der Waals surface area contributed by atoms with E-state index in [1.54, 1.807) is 16.4 Å². The van der Waals surface area contributed by atoms with Gasteiger partial charge in [-0.1, -0.05) is 66.4 Å². The average molecular weight is 446 g/mol. The molecule has 1 heterocycles. The van der Waals surface area contributed by atoms with E-state index in [-0.39, 0.29) is 0 Å². The van der Waals surface area contributed by atoms with Crippen molar-refractivity contribution >= 4 is 11.8 Å². The number of benzene rings is 3. The van der Waals surface area contributed by atoms with Gasteiger partial charge in [0, 0.05) is 12.3 Å². The standard InChI is InChI=1S/C25H27N5OS/c1-20-8-5-6-9-22(20)19-31-24-14-12-21(13-15-24)18-26-16-7-17-32-25-27-28-29-30(25)23-10-3-2-4-11-23/h2-6,8-15,26H,7,16-19H2,1H3. The zero-order valence-corrected chi connectivity index (χ0v) is 19.0. The molecule has 0 aliphatic carbocycles. The molecular formula is C25H27N5OS. The van der Waals surface area contributed by atoms with Gasteiger partial charge < -0.3 is 10.1 Å². The lowest BCUT2D eigenvalue weighted by Gasteiger charge is -2.10. The first-order valence-electron chi connectivity index (χ1n) is 10.7. The summed E-state index contributed by atoms with van der Waals surface area (Å²) in [5.74, 6) is 1.84. The zero-order chi connectivity index (χ0) is 22.0. The summed E-state index contributed by atoms with van der Waals surface area (Å²) in [7, 11) is 0. The summed E-state index contributed by atoms with van der Waals surface area (Å²) >= 11 is 1.67. The van der Waals surface area contributed by atoms with E-state index in [0.29, 0.717) is 6.61 Å². The predicted octanol–water partition coefficient (Wildman–Crippen LogP) is 4.82. The summed E-state index contributed by atoms with van der Waals surface area (Å²) in [4.78, 5) is 0. The molecule has 0 fully saturated rings. The second-order valence-electron chi connectivity index (χ2n) is 7.45. The summed E-state index contributed by atoms with van der Waals surface area (Å²) in [5.41, 5.74) is 4.69. The first kappa shape index (κ1) is 22.0. The van der Waals surface area contributed by atoms with Gasteiger partial charge in [0.15, 0.2) is 0 Å². The SMILES string of the molecule is Cc1ccccc1COc1ccc(CNCCCSc2nnnn2-c2ccccc2)cc1. The maximum Gasteiger partial charge on any atom is 0.214 e. The molecule has 0 atom stereocenters. The number of hydrogen-bond acceptors (Lipinski definition) is 6. The van der Waals surface area contributed by atoms with E-state index < -0.39 is 0 Å². The fourth-order valence-corrected chi connectivity index (χ4v) is 4.06. The van der Waals surface area contributed by atoms with Gasteiger partial charge >= 0.3 is 0 Å². The van der Waals surface area contributed by atoms with E-state index in [2.05, 4.69) is 52.0 Å². The van der Waals surface area contributed by atoms with E-state index in [1.165, 1.54) is 16.7 Å². The van der Waals surface area contributed by atoms with Gasteiger partial charge in [-0.25, -0.2) is 0 Å². The Labute approximate surface area is 193 Å². The largest absolute Gasteiger partial charge is 0.489 e. The van der Waals surface area contributed by atoms with Crippen LogP contribution in [0.25, 0.3) is 5.69 Å². The van der Waals surface area contributed by atoms with Crippen molar-refractivity contribution in [3.63, 3.8) is 0 Å². The van der Waals surface area contributed by atoms with Crippen molar-refractivity contribution in [3.8, 4) is 11.4 Å². The smallest absolute Gasteiger partial charge is 0.214 e. The lowest BCUT2D eigenvalue weighted by atomic mass is 10.1. The minimum atomic E-state index is 0.593. The number of nitrogens with zero attached hydrogens (tertiary/aromatic N) is 4. The lowest BCUT2D eigenvalue weighted by Crippen LogP contribution is -2.15. The highest BCUT2D eigenvalue weighted by atomic mass is 32.2. The van der Waals surface area contributed by atoms with Crippen LogP contribution in [0.5, 0.6) is 5.75 Å². The van der Waals surface area contributed by atoms with E-state index in [0.717, 1.165) is 41.9 Å². The zero-order valence-electron chi connectivity index (χ0n) is 18.1. The third-order valence-corrected chi connectivity index (χ3v) is 6.08. The van der Waals surface area contributed by atoms with Crippen molar-refractivity contribution in [2.45, 2.75) is 31.7 Å². The van der Waals surface area contributed by atoms with Crippen LogP contribution in [0.1, 0.15) is 23.1 Å². The maximum absolute atomic E-state index is 5.92. The molecule has 0 unspecified atom stereocenters. The van der Waals surface area contributed by atoms with Gasteiger partial charge in [0.1, 0.15) is 12.4 Å².